The molecular formula is C8H4BrClN2O2. The summed E-state index contributed by atoms with van der Waals surface area (Å²) in [7, 11) is 0. The van der Waals surface area contributed by atoms with Crippen molar-refractivity contribution in [1.82, 2.24) is 10.2 Å². The number of hydrogen-bond acceptors (Lipinski definition) is 2. The van der Waals surface area contributed by atoms with Crippen LogP contribution in [0.25, 0.3) is 10.9 Å². The van der Waals surface area contributed by atoms with Crippen molar-refractivity contribution in [3.05, 3.63) is 27.3 Å². The summed E-state index contributed by atoms with van der Waals surface area (Å²) in [5.74, 6) is -1.05. The summed E-state index contributed by atoms with van der Waals surface area (Å²) in [6.07, 6.45) is 0. The molecule has 0 aliphatic carbocycles. The van der Waals surface area contributed by atoms with Crippen LogP contribution >= 0.6 is 27.5 Å². The van der Waals surface area contributed by atoms with E-state index in [2.05, 4.69) is 26.1 Å². The minimum atomic E-state index is -1.05. The SMILES string of the molecule is O=C(O)c1[nH]nc2c(Br)cc(Cl)cc12. The number of fused-ring (bicyclic) bond motifs is 1. The van der Waals surface area contributed by atoms with Crippen LogP contribution in [0.4, 0.5) is 0 Å². The van der Waals surface area contributed by atoms with Gasteiger partial charge < -0.3 is 5.11 Å². The number of aromatic carboxylic acids is 1. The van der Waals surface area contributed by atoms with Gasteiger partial charge in [0.05, 0.1) is 0 Å². The Morgan fingerprint density at radius 2 is 2.29 bits per heavy atom. The highest BCUT2D eigenvalue weighted by atomic mass is 79.9. The van der Waals surface area contributed by atoms with Crippen molar-refractivity contribution in [2.45, 2.75) is 0 Å². The van der Waals surface area contributed by atoms with E-state index in [1.807, 2.05) is 0 Å². The van der Waals surface area contributed by atoms with Gasteiger partial charge in [-0.3, -0.25) is 5.10 Å². The van der Waals surface area contributed by atoms with Crippen LogP contribution in [0.1, 0.15) is 10.5 Å². The van der Waals surface area contributed by atoms with Crippen LogP contribution in [0, 0.1) is 0 Å². The summed E-state index contributed by atoms with van der Waals surface area (Å²) in [6, 6.07) is 3.23. The third-order valence-electron chi connectivity index (χ3n) is 1.79. The van der Waals surface area contributed by atoms with Crippen molar-refractivity contribution >= 4 is 44.4 Å². The van der Waals surface area contributed by atoms with Gasteiger partial charge in [0.15, 0.2) is 5.69 Å². The number of halogens is 2. The smallest absolute Gasteiger partial charge is 0.354 e. The van der Waals surface area contributed by atoms with E-state index in [0.717, 1.165) is 0 Å². The second-order valence-electron chi connectivity index (χ2n) is 2.69. The van der Waals surface area contributed by atoms with Crippen molar-refractivity contribution < 1.29 is 9.90 Å². The number of carboxylic acids is 1. The summed E-state index contributed by atoms with van der Waals surface area (Å²) >= 11 is 9.04. The van der Waals surface area contributed by atoms with Gasteiger partial charge in [-0.25, -0.2) is 4.79 Å². The van der Waals surface area contributed by atoms with Gasteiger partial charge in [0.2, 0.25) is 0 Å². The monoisotopic (exact) mass is 274 g/mol. The van der Waals surface area contributed by atoms with Gasteiger partial charge >= 0.3 is 5.97 Å². The highest BCUT2D eigenvalue weighted by Crippen LogP contribution is 2.28. The molecule has 0 amide bonds. The molecule has 4 nitrogen and oxygen atoms in total. The average Bonchev–Trinajstić information content (AvgIpc) is 2.47. The van der Waals surface area contributed by atoms with E-state index >= 15 is 0 Å². The Kier molecular flexibility index (Phi) is 2.20. The zero-order chi connectivity index (χ0) is 10.3. The van der Waals surface area contributed by atoms with Crippen LogP contribution in [0.2, 0.25) is 5.02 Å². The normalized spacial score (nSPS) is 10.7. The Balaban J connectivity index is 2.85. The Hall–Kier alpha value is -1.07. The molecule has 72 valence electrons. The fraction of sp³-hybridized carbons (Fsp3) is 0. The molecule has 0 unspecified atom stereocenters. The molecule has 1 heterocycles. The fourth-order valence-corrected chi connectivity index (χ4v) is 2.10. The Labute approximate surface area is 92.0 Å². The predicted molar refractivity (Wildman–Crippen MR) is 55.8 cm³/mol. The third kappa shape index (κ3) is 1.38. The standard InChI is InChI=1S/C8H4BrClN2O2/c9-5-2-3(10)1-4-6(5)11-12-7(4)8(13)14/h1-2H,(H,11,12)(H,13,14). The van der Waals surface area contributed by atoms with E-state index in [0.29, 0.717) is 20.4 Å². The summed E-state index contributed by atoms with van der Waals surface area (Å²) in [5, 5.41) is 16.1. The minimum absolute atomic E-state index is 0.0446. The highest BCUT2D eigenvalue weighted by Gasteiger charge is 2.14. The Morgan fingerprint density at radius 3 is 2.93 bits per heavy atom. The molecule has 0 bridgehead atoms. The first-order valence-corrected chi connectivity index (χ1v) is 4.83. The second kappa shape index (κ2) is 3.25. The zero-order valence-corrected chi connectivity index (χ0v) is 9.06. The minimum Gasteiger partial charge on any atom is -0.477 e. The Morgan fingerprint density at radius 1 is 1.57 bits per heavy atom. The predicted octanol–water partition coefficient (Wildman–Crippen LogP) is 2.68. The lowest BCUT2D eigenvalue weighted by Gasteiger charge is -1.94. The number of H-pyrrole nitrogens is 1. The van der Waals surface area contributed by atoms with Gasteiger partial charge in [0.1, 0.15) is 5.52 Å². The van der Waals surface area contributed by atoms with Gasteiger partial charge in [-0.05, 0) is 28.1 Å². The molecule has 2 aromatic rings. The summed E-state index contributed by atoms with van der Waals surface area (Å²) in [4.78, 5) is 10.8. The first kappa shape index (κ1) is 9.48. The third-order valence-corrected chi connectivity index (χ3v) is 2.61. The summed E-state index contributed by atoms with van der Waals surface area (Å²) in [5.41, 5.74) is 0.606. The fourth-order valence-electron chi connectivity index (χ4n) is 1.21. The molecule has 1 aromatic carbocycles. The number of rotatable bonds is 1. The molecule has 0 spiro atoms. The molecule has 0 atom stereocenters. The molecule has 0 saturated heterocycles. The number of hydrogen-bond donors (Lipinski definition) is 2. The molecule has 0 fully saturated rings. The molecule has 1 aromatic heterocycles. The van der Waals surface area contributed by atoms with E-state index < -0.39 is 5.97 Å². The molecule has 2 rings (SSSR count). The van der Waals surface area contributed by atoms with Crippen LogP contribution in [-0.4, -0.2) is 21.3 Å². The highest BCUT2D eigenvalue weighted by molar-refractivity contribution is 9.10. The van der Waals surface area contributed by atoms with Crippen molar-refractivity contribution in [2.75, 3.05) is 0 Å². The van der Waals surface area contributed by atoms with E-state index in [1.54, 1.807) is 12.1 Å². The van der Waals surface area contributed by atoms with E-state index in [1.165, 1.54) is 0 Å². The van der Waals surface area contributed by atoms with Gasteiger partial charge in [0, 0.05) is 14.9 Å². The topological polar surface area (TPSA) is 66.0 Å². The maximum atomic E-state index is 10.8. The van der Waals surface area contributed by atoms with Crippen LogP contribution < -0.4 is 0 Å². The number of aromatic amines is 1. The largest absolute Gasteiger partial charge is 0.477 e. The average molecular weight is 275 g/mol. The molecule has 6 heteroatoms. The Bertz CT molecular complexity index is 523. The quantitative estimate of drug-likeness (QED) is 0.841. The zero-order valence-electron chi connectivity index (χ0n) is 6.71. The van der Waals surface area contributed by atoms with Crippen molar-refractivity contribution in [3.8, 4) is 0 Å². The molecule has 0 aliphatic rings. The van der Waals surface area contributed by atoms with Crippen LogP contribution in [0.15, 0.2) is 16.6 Å². The number of nitrogens with one attached hydrogen (secondary N) is 1. The summed E-state index contributed by atoms with van der Waals surface area (Å²) < 4.78 is 0.670. The lowest BCUT2D eigenvalue weighted by molar-refractivity contribution is 0.0692. The van der Waals surface area contributed by atoms with Crippen molar-refractivity contribution in [2.24, 2.45) is 0 Å². The second-order valence-corrected chi connectivity index (χ2v) is 3.98. The molecular weight excluding hydrogens is 271 g/mol. The molecule has 0 aliphatic heterocycles. The van der Waals surface area contributed by atoms with E-state index in [9.17, 15) is 4.79 Å². The maximum absolute atomic E-state index is 10.8. The van der Waals surface area contributed by atoms with Crippen LogP contribution in [0.5, 0.6) is 0 Å². The first-order valence-electron chi connectivity index (χ1n) is 3.66. The summed E-state index contributed by atoms with van der Waals surface area (Å²) in [6.45, 7) is 0. The number of benzene rings is 1. The van der Waals surface area contributed by atoms with E-state index in [4.69, 9.17) is 16.7 Å². The van der Waals surface area contributed by atoms with Crippen LogP contribution in [0.3, 0.4) is 0 Å². The number of aromatic nitrogens is 2. The number of carboxylic acid groups (broad SMARTS) is 1. The molecule has 14 heavy (non-hydrogen) atoms. The van der Waals surface area contributed by atoms with Gasteiger partial charge in [-0.1, -0.05) is 11.6 Å². The molecule has 0 saturated carbocycles. The maximum Gasteiger partial charge on any atom is 0.354 e. The number of nitrogens with zero attached hydrogens (tertiary/aromatic N) is 1. The van der Waals surface area contributed by atoms with Gasteiger partial charge in [-0.15, -0.1) is 0 Å². The molecule has 2 N–H and O–H groups in total. The van der Waals surface area contributed by atoms with Crippen molar-refractivity contribution in [1.29, 1.82) is 0 Å². The lowest BCUT2D eigenvalue weighted by atomic mass is 10.2. The van der Waals surface area contributed by atoms with E-state index in [-0.39, 0.29) is 5.69 Å². The van der Waals surface area contributed by atoms with Crippen molar-refractivity contribution in [3.63, 3.8) is 0 Å². The van der Waals surface area contributed by atoms with Crippen LogP contribution in [-0.2, 0) is 0 Å². The first-order chi connectivity index (χ1) is 6.59. The lowest BCUT2D eigenvalue weighted by Crippen LogP contribution is -1.96. The van der Waals surface area contributed by atoms with Gasteiger partial charge in [-0.2, -0.15) is 5.10 Å². The molecule has 0 radical (unpaired) electrons. The van der Waals surface area contributed by atoms with Gasteiger partial charge in [0.25, 0.3) is 0 Å². The number of carbonyl (C=O) groups is 1.